The van der Waals surface area contributed by atoms with Crippen LogP contribution in [0.2, 0.25) is 0 Å². The van der Waals surface area contributed by atoms with E-state index in [0.29, 0.717) is 19.5 Å². The van der Waals surface area contributed by atoms with Crippen molar-refractivity contribution in [2.45, 2.75) is 45.6 Å². The molecule has 1 aliphatic heterocycles. The number of hydrogen-bond acceptors (Lipinski definition) is 3. The van der Waals surface area contributed by atoms with Crippen molar-refractivity contribution >= 4 is 28.5 Å². The van der Waals surface area contributed by atoms with Gasteiger partial charge in [0.15, 0.2) is 0 Å². The van der Waals surface area contributed by atoms with E-state index in [2.05, 4.69) is 6.92 Å². The predicted octanol–water partition coefficient (Wildman–Crippen LogP) is 4.21. The summed E-state index contributed by atoms with van der Waals surface area (Å²) in [6.45, 7) is 6.39. The monoisotopic (exact) mass is 418 g/mol. The van der Waals surface area contributed by atoms with Crippen LogP contribution in [0.15, 0.2) is 54.6 Å². The molecule has 0 radical (unpaired) electrons. The third-order valence-corrected chi connectivity index (χ3v) is 6.02. The van der Waals surface area contributed by atoms with Gasteiger partial charge in [-0.2, -0.15) is 0 Å². The first-order valence-corrected chi connectivity index (χ1v) is 11.2. The van der Waals surface area contributed by atoms with Gasteiger partial charge in [0, 0.05) is 37.7 Å². The van der Waals surface area contributed by atoms with Crippen LogP contribution in [0.4, 0.5) is 5.69 Å². The molecular formula is C25H30N4O2. The van der Waals surface area contributed by atoms with E-state index in [1.165, 1.54) is 0 Å². The molecule has 1 aliphatic rings. The fraction of sp³-hybridized carbons (Fsp3) is 0.400. The molecule has 6 heteroatoms. The maximum absolute atomic E-state index is 13.3. The van der Waals surface area contributed by atoms with E-state index in [1.54, 1.807) is 4.90 Å². The summed E-state index contributed by atoms with van der Waals surface area (Å²) in [6.07, 6.45) is 2.53. The highest BCUT2D eigenvalue weighted by Gasteiger charge is 2.34. The molecule has 0 N–H and O–H groups in total. The number of nitrogens with zero attached hydrogens (tertiary/aromatic N) is 4. The Bertz CT molecular complexity index is 1060. The second-order valence-corrected chi connectivity index (χ2v) is 8.11. The minimum absolute atomic E-state index is 0.0105. The molecule has 162 valence electrons. The Morgan fingerprint density at radius 1 is 1.10 bits per heavy atom. The Hall–Kier alpha value is -3.15. The molecule has 0 aliphatic carbocycles. The van der Waals surface area contributed by atoms with Gasteiger partial charge in [0.25, 0.3) is 0 Å². The average molecular weight is 419 g/mol. The number of carbonyl (C=O) groups excluding carboxylic acids is 2. The smallest absolute Gasteiger partial charge is 0.246 e. The minimum atomic E-state index is 0.0105. The van der Waals surface area contributed by atoms with Crippen molar-refractivity contribution in [3.8, 4) is 0 Å². The van der Waals surface area contributed by atoms with Crippen molar-refractivity contribution in [2.75, 3.05) is 24.5 Å². The summed E-state index contributed by atoms with van der Waals surface area (Å²) in [5.41, 5.74) is 2.70. The molecule has 1 aromatic heterocycles. The Morgan fingerprint density at radius 2 is 1.84 bits per heavy atom. The summed E-state index contributed by atoms with van der Waals surface area (Å²) in [5.74, 6) is 1.05. The van der Waals surface area contributed by atoms with E-state index < -0.39 is 0 Å². The number of para-hydroxylation sites is 3. The van der Waals surface area contributed by atoms with Gasteiger partial charge in [-0.05, 0) is 37.6 Å². The number of unbranched alkanes of at least 4 members (excludes halogenated alkanes) is 1. The molecule has 0 saturated carbocycles. The van der Waals surface area contributed by atoms with Crippen LogP contribution in [-0.4, -0.2) is 45.9 Å². The molecule has 2 heterocycles. The van der Waals surface area contributed by atoms with Gasteiger partial charge < -0.3 is 14.4 Å². The van der Waals surface area contributed by atoms with Crippen molar-refractivity contribution < 1.29 is 9.59 Å². The zero-order valence-corrected chi connectivity index (χ0v) is 18.3. The van der Waals surface area contributed by atoms with Crippen LogP contribution >= 0.6 is 0 Å². The summed E-state index contributed by atoms with van der Waals surface area (Å²) in [6, 6.07) is 17.6. The van der Waals surface area contributed by atoms with E-state index in [9.17, 15) is 9.59 Å². The lowest BCUT2D eigenvalue weighted by Crippen LogP contribution is -2.34. The molecule has 1 saturated heterocycles. The topological polar surface area (TPSA) is 58.4 Å². The zero-order chi connectivity index (χ0) is 21.8. The van der Waals surface area contributed by atoms with Crippen LogP contribution in [0, 0.1) is 0 Å². The molecular weight excluding hydrogens is 388 g/mol. The number of hydrogen-bond donors (Lipinski definition) is 0. The molecule has 31 heavy (non-hydrogen) atoms. The van der Waals surface area contributed by atoms with Crippen molar-refractivity contribution in [2.24, 2.45) is 0 Å². The van der Waals surface area contributed by atoms with Gasteiger partial charge in [-0.15, -0.1) is 0 Å². The lowest BCUT2D eigenvalue weighted by atomic mass is 10.1. The molecule has 4 rings (SSSR count). The summed E-state index contributed by atoms with van der Waals surface area (Å²) in [4.78, 5) is 34.5. The van der Waals surface area contributed by atoms with Crippen LogP contribution < -0.4 is 4.90 Å². The summed E-state index contributed by atoms with van der Waals surface area (Å²) < 4.78 is 2.02. The number of likely N-dealkylation sites (tertiary alicyclic amines) is 1. The maximum atomic E-state index is 13.3. The van der Waals surface area contributed by atoms with E-state index >= 15 is 0 Å². The van der Waals surface area contributed by atoms with Crippen LogP contribution in [0.3, 0.4) is 0 Å². The van der Waals surface area contributed by atoms with Crippen molar-refractivity contribution in [1.29, 1.82) is 0 Å². The second kappa shape index (κ2) is 9.33. The third kappa shape index (κ3) is 4.33. The average Bonchev–Trinajstić information content (AvgIpc) is 3.34. The highest BCUT2D eigenvalue weighted by Crippen LogP contribution is 2.31. The number of anilines is 1. The molecule has 0 spiro atoms. The SMILES string of the molecule is CCCCN1C[C@H](c2nc3ccccc3n2CC(=O)N(CC)c2ccccc2)CC1=O. The quantitative estimate of drug-likeness (QED) is 0.551. The lowest BCUT2D eigenvalue weighted by Gasteiger charge is -2.22. The highest BCUT2D eigenvalue weighted by molar-refractivity contribution is 5.94. The summed E-state index contributed by atoms with van der Waals surface area (Å²) in [5, 5.41) is 0. The van der Waals surface area contributed by atoms with Gasteiger partial charge in [-0.3, -0.25) is 9.59 Å². The number of carbonyl (C=O) groups is 2. The van der Waals surface area contributed by atoms with Crippen LogP contribution in [0.1, 0.15) is 44.9 Å². The summed E-state index contributed by atoms with van der Waals surface area (Å²) in [7, 11) is 0. The van der Waals surface area contributed by atoms with Crippen molar-refractivity contribution in [3.63, 3.8) is 0 Å². The van der Waals surface area contributed by atoms with Crippen molar-refractivity contribution in [1.82, 2.24) is 14.5 Å². The fourth-order valence-corrected chi connectivity index (χ4v) is 4.41. The maximum Gasteiger partial charge on any atom is 0.246 e. The largest absolute Gasteiger partial charge is 0.342 e. The van der Waals surface area contributed by atoms with Crippen molar-refractivity contribution in [3.05, 3.63) is 60.4 Å². The Labute approximate surface area is 183 Å². The zero-order valence-electron chi connectivity index (χ0n) is 18.3. The Kier molecular flexibility index (Phi) is 6.35. The van der Waals surface area contributed by atoms with E-state index in [-0.39, 0.29) is 24.3 Å². The first kappa shape index (κ1) is 21.1. The van der Waals surface area contributed by atoms with Gasteiger partial charge in [-0.25, -0.2) is 4.98 Å². The molecule has 1 fully saturated rings. The normalized spacial score (nSPS) is 16.3. The third-order valence-electron chi connectivity index (χ3n) is 6.02. The summed E-state index contributed by atoms with van der Waals surface area (Å²) >= 11 is 0. The number of amides is 2. The molecule has 6 nitrogen and oxygen atoms in total. The van der Waals surface area contributed by atoms with E-state index in [1.807, 2.05) is 71.0 Å². The number of benzene rings is 2. The first-order chi connectivity index (χ1) is 15.1. The second-order valence-electron chi connectivity index (χ2n) is 8.11. The van der Waals surface area contributed by atoms with Crippen LogP contribution in [-0.2, 0) is 16.1 Å². The fourth-order valence-electron chi connectivity index (χ4n) is 4.41. The van der Waals surface area contributed by atoms with Crippen LogP contribution in [0.25, 0.3) is 11.0 Å². The van der Waals surface area contributed by atoms with E-state index in [0.717, 1.165) is 41.9 Å². The molecule has 3 aromatic rings. The number of aromatic nitrogens is 2. The van der Waals surface area contributed by atoms with E-state index in [4.69, 9.17) is 4.98 Å². The predicted molar refractivity (Wildman–Crippen MR) is 123 cm³/mol. The molecule has 2 aromatic carbocycles. The van der Waals surface area contributed by atoms with Gasteiger partial charge in [0.2, 0.25) is 11.8 Å². The lowest BCUT2D eigenvalue weighted by molar-refractivity contribution is -0.127. The van der Waals surface area contributed by atoms with Gasteiger partial charge >= 0.3 is 0 Å². The molecule has 1 atom stereocenters. The van der Waals surface area contributed by atoms with Gasteiger partial charge in [-0.1, -0.05) is 43.7 Å². The Morgan fingerprint density at radius 3 is 2.58 bits per heavy atom. The van der Waals surface area contributed by atoms with Gasteiger partial charge in [0.05, 0.1) is 11.0 Å². The first-order valence-electron chi connectivity index (χ1n) is 11.2. The standard InChI is InChI=1S/C25H30N4O2/c1-3-5-15-27-17-19(16-23(27)30)25-26-21-13-9-10-14-22(21)29(25)18-24(31)28(4-2)20-11-7-6-8-12-20/h6-14,19H,3-5,15-18H2,1-2H3/t19-/m1/s1. The number of fused-ring (bicyclic) bond motifs is 1. The van der Waals surface area contributed by atoms with Crippen LogP contribution in [0.5, 0.6) is 0 Å². The number of imidazole rings is 1. The number of rotatable bonds is 8. The highest BCUT2D eigenvalue weighted by atomic mass is 16.2. The number of likely N-dealkylation sites (N-methyl/N-ethyl adjacent to an activating group) is 1. The minimum Gasteiger partial charge on any atom is -0.342 e. The Balaban J connectivity index is 1.64. The van der Waals surface area contributed by atoms with Gasteiger partial charge in [0.1, 0.15) is 12.4 Å². The molecule has 0 bridgehead atoms. The molecule has 0 unspecified atom stereocenters. The molecule has 2 amide bonds.